The summed E-state index contributed by atoms with van der Waals surface area (Å²) in [6.07, 6.45) is 1.20. The summed E-state index contributed by atoms with van der Waals surface area (Å²) in [6.45, 7) is 8.84. The molecule has 1 aromatic carbocycles. The van der Waals surface area contributed by atoms with Crippen LogP contribution in [0.4, 0.5) is 24.7 Å². The predicted octanol–water partition coefficient (Wildman–Crippen LogP) is 4.79. The summed E-state index contributed by atoms with van der Waals surface area (Å²) in [5.41, 5.74) is -0.0707. The third-order valence-electron chi connectivity index (χ3n) is 7.25. The van der Waals surface area contributed by atoms with Crippen LogP contribution in [0.5, 0.6) is 0 Å². The average Bonchev–Trinajstić information content (AvgIpc) is 3.44. The lowest BCUT2D eigenvalue weighted by atomic mass is 9.91. The van der Waals surface area contributed by atoms with E-state index >= 15 is 4.39 Å². The maximum absolute atomic E-state index is 15.3. The van der Waals surface area contributed by atoms with E-state index in [0.717, 1.165) is 49.6 Å². The largest absolute Gasteiger partial charge is 0.384 e. The third kappa shape index (κ3) is 3.96. The number of pyridine rings is 1. The third-order valence-corrected chi connectivity index (χ3v) is 7.25. The van der Waals surface area contributed by atoms with E-state index in [1.165, 1.54) is 12.1 Å². The number of anilines is 2. The first-order chi connectivity index (χ1) is 16.9. The molecule has 3 aromatic rings. The number of hydrogen-bond donors (Lipinski definition) is 2. The minimum Gasteiger partial charge on any atom is -0.384 e. The standard InChI is InChI=1S/C26H30F3N5O2/c1-13(18-7-6-8-20(22(18)27)26(28,29)25(4,5)35)31-24-19-10-21(34-11-17-9-16(34)12-36-17)14(2)30-23(19)15(3)32-33-24/h6-8,10,13,16-17,35H,9,11-12H2,1-5H3,(H,31,33)/t13-,16?,17?/m1/s1. The Morgan fingerprint density at radius 3 is 2.58 bits per heavy atom. The number of hydrogen-bond acceptors (Lipinski definition) is 7. The fourth-order valence-electron chi connectivity index (χ4n) is 5.11. The number of nitrogens with zero attached hydrogens (tertiary/aromatic N) is 4. The molecule has 0 saturated carbocycles. The lowest BCUT2D eigenvalue weighted by molar-refractivity contribution is -0.170. The molecular weight excluding hydrogens is 471 g/mol. The second-order valence-corrected chi connectivity index (χ2v) is 10.3. The lowest BCUT2D eigenvalue weighted by Crippen LogP contribution is -2.41. The van der Waals surface area contributed by atoms with Gasteiger partial charge in [0, 0.05) is 17.5 Å². The highest BCUT2D eigenvalue weighted by Crippen LogP contribution is 2.42. The minimum atomic E-state index is -3.78. The molecule has 3 atom stereocenters. The van der Waals surface area contributed by atoms with Gasteiger partial charge in [-0.1, -0.05) is 12.1 Å². The van der Waals surface area contributed by atoms with Gasteiger partial charge in [0.15, 0.2) is 5.82 Å². The van der Waals surface area contributed by atoms with E-state index < -0.39 is 28.9 Å². The van der Waals surface area contributed by atoms with E-state index in [1.54, 1.807) is 6.92 Å². The van der Waals surface area contributed by atoms with Crippen LogP contribution in [0.2, 0.25) is 0 Å². The fourth-order valence-corrected chi connectivity index (χ4v) is 5.11. The van der Waals surface area contributed by atoms with Crippen molar-refractivity contribution in [3.05, 3.63) is 52.6 Å². The smallest absolute Gasteiger partial charge is 0.303 e. The zero-order valence-corrected chi connectivity index (χ0v) is 20.9. The van der Waals surface area contributed by atoms with Crippen LogP contribution in [0.1, 0.15) is 55.7 Å². The monoisotopic (exact) mass is 501 g/mol. The maximum Gasteiger partial charge on any atom is 0.303 e. The van der Waals surface area contributed by atoms with Crippen molar-refractivity contribution in [2.45, 2.75) is 70.8 Å². The van der Waals surface area contributed by atoms with Crippen LogP contribution in [-0.4, -0.2) is 51.2 Å². The molecule has 0 amide bonds. The van der Waals surface area contributed by atoms with Crippen molar-refractivity contribution in [1.82, 2.24) is 15.2 Å². The van der Waals surface area contributed by atoms with Crippen molar-refractivity contribution in [3.63, 3.8) is 0 Å². The van der Waals surface area contributed by atoms with Gasteiger partial charge in [0.1, 0.15) is 11.4 Å². The Bertz CT molecular complexity index is 1330. The van der Waals surface area contributed by atoms with Crippen molar-refractivity contribution in [3.8, 4) is 0 Å². The molecule has 2 aliphatic heterocycles. The number of nitrogens with one attached hydrogen (secondary N) is 1. The highest BCUT2D eigenvalue weighted by Gasteiger charge is 2.49. The van der Waals surface area contributed by atoms with Gasteiger partial charge < -0.3 is 20.1 Å². The van der Waals surface area contributed by atoms with Gasteiger partial charge in [-0.2, -0.15) is 13.9 Å². The first-order valence-corrected chi connectivity index (χ1v) is 12.1. The number of rotatable bonds is 6. The van der Waals surface area contributed by atoms with Crippen molar-refractivity contribution in [1.29, 1.82) is 0 Å². The Balaban J connectivity index is 1.52. The molecule has 2 aliphatic rings. The molecular formula is C26H30F3N5O2. The first kappa shape index (κ1) is 24.7. The van der Waals surface area contributed by atoms with Gasteiger partial charge in [0.25, 0.3) is 0 Å². The normalized spacial score (nSPS) is 20.9. The van der Waals surface area contributed by atoms with Crippen molar-refractivity contribution < 1.29 is 23.0 Å². The van der Waals surface area contributed by atoms with Gasteiger partial charge in [-0.3, -0.25) is 0 Å². The molecule has 36 heavy (non-hydrogen) atoms. The van der Waals surface area contributed by atoms with E-state index in [4.69, 9.17) is 9.72 Å². The van der Waals surface area contributed by atoms with Crippen LogP contribution < -0.4 is 10.2 Å². The average molecular weight is 502 g/mol. The molecule has 10 heteroatoms. The molecule has 0 radical (unpaired) electrons. The molecule has 0 spiro atoms. The molecule has 2 N–H and O–H groups in total. The second-order valence-electron chi connectivity index (χ2n) is 10.3. The molecule has 0 aliphatic carbocycles. The molecule has 2 bridgehead atoms. The van der Waals surface area contributed by atoms with Crippen LogP contribution >= 0.6 is 0 Å². The van der Waals surface area contributed by atoms with Gasteiger partial charge in [-0.25, -0.2) is 9.37 Å². The summed E-state index contributed by atoms with van der Waals surface area (Å²) in [5.74, 6) is -4.47. The maximum atomic E-state index is 15.3. The molecule has 2 unspecified atom stereocenters. The van der Waals surface area contributed by atoms with E-state index in [2.05, 4.69) is 20.4 Å². The summed E-state index contributed by atoms with van der Waals surface area (Å²) in [5, 5.41) is 22.3. The summed E-state index contributed by atoms with van der Waals surface area (Å²) in [4.78, 5) is 7.12. The SMILES string of the molecule is Cc1nc2c(C)nnc(N[C@H](C)c3cccc(C(F)(F)C(C)(C)O)c3F)c2cc1N1CC2CC1CO2. The highest BCUT2D eigenvalue weighted by atomic mass is 19.3. The summed E-state index contributed by atoms with van der Waals surface area (Å²) >= 11 is 0. The van der Waals surface area contributed by atoms with Crippen LogP contribution in [0.3, 0.4) is 0 Å². The first-order valence-electron chi connectivity index (χ1n) is 12.1. The highest BCUT2D eigenvalue weighted by molar-refractivity contribution is 5.93. The quantitative estimate of drug-likeness (QED) is 0.502. The minimum absolute atomic E-state index is 0.0289. The van der Waals surface area contributed by atoms with E-state index in [-0.39, 0.29) is 11.7 Å². The number of halogens is 3. The zero-order valence-electron chi connectivity index (χ0n) is 20.9. The van der Waals surface area contributed by atoms with Gasteiger partial charge in [0.05, 0.1) is 52.9 Å². The number of morpholine rings is 1. The number of ether oxygens (including phenoxy) is 1. The topological polar surface area (TPSA) is 83.4 Å². The Kier molecular flexibility index (Phi) is 5.87. The Morgan fingerprint density at radius 1 is 1.19 bits per heavy atom. The number of alkyl halides is 2. The molecule has 2 fully saturated rings. The van der Waals surface area contributed by atoms with Gasteiger partial charge in [-0.15, -0.1) is 5.10 Å². The molecule has 192 valence electrons. The van der Waals surface area contributed by atoms with Crippen molar-refractivity contribution in [2.75, 3.05) is 23.4 Å². The number of benzene rings is 1. The predicted molar refractivity (Wildman–Crippen MR) is 131 cm³/mol. The molecule has 7 nitrogen and oxygen atoms in total. The van der Waals surface area contributed by atoms with Crippen LogP contribution in [0.25, 0.3) is 10.9 Å². The van der Waals surface area contributed by atoms with Crippen LogP contribution in [-0.2, 0) is 10.7 Å². The molecule has 5 rings (SSSR count). The summed E-state index contributed by atoms with van der Waals surface area (Å²) in [6, 6.07) is 5.40. The second kappa shape index (κ2) is 8.55. The molecule has 4 heterocycles. The summed E-state index contributed by atoms with van der Waals surface area (Å²) < 4.78 is 50.7. The Morgan fingerprint density at radius 2 is 1.94 bits per heavy atom. The zero-order chi connectivity index (χ0) is 26.0. The lowest BCUT2D eigenvalue weighted by Gasteiger charge is -2.30. The Labute approximate surface area is 207 Å². The number of aryl methyl sites for hydroxylation is 2. The number of aliphatic hydroxyl groups is 1. The number of aromatic nitrogens is 3. The van der Waals surface area contributed by atoms with Crippen LogP contribution in [0.15, 0.2) is 24.3 Å². The van der Waals surface area contributed by atoms with Gasteiger partial charge in [-0.05, 0) is 53.2 Å². The van der Waals surface area contributed by atoms with Crippen LogP contribution in [0, 0.1) is 19.7 Å². The fraction of sp³-hybridized carbons (Fsp3) is 0.500. The van der Waals surface area contributed by atoms with E-state index in [1.807, 2.05) is 19.9 Å². The van der Waals surface area contributed by atoms with Crippen molar-refractivity contribution in [2.24, 2.45) is 0 Å². The van der Waals surface area contributed by atoms with E-state index in [0.29, 0.717) is 29.7 Å². The Hall–Kier alpha value is -2.98. The summed E-state index contributed by atoms with van der Waals surface area (Å²) in [7, 11) is 0. The molecule has 2 saturated heterocycles. The number of fused-ring (bicyclic) bond motifs is 3. The van der Waals surface area contributed by atoms with Gasteiger partial charge in [0.2, 0.25) is 0 Å². The molecule has 2 aromatic heterocycles. The van der Waals surface area contributed by atoms with Gasteiger partial charge >= 0.3 is 5.92 Å². The van der Waals surface area contributed by atoms with Crippen molar-refractivity contribution >= 4 is 22.4 Å². The van der Waals surface area contributed by atoms with E-state index in [9.17, 15) is 13.9 Å².